The summed E-state index contributed by atoms with van der Waals surface area (Å²) in [5, 5.41) is 6.07. The highest BCUT2D eigenvalue weighted by molar-refractivity contribution is 7.80. The summed E-state index contributed by atoms with van der Waals surface area (Å²) in [4.78, 5) is 1.65. The van der Waals surface area contributed by atoms with Crippen LogP contribution in [0.15, 0.2) is 29.6 Å². The van der Waals surface area contributed by atoms with Crippen LogP contribution in [-0.2, 0) is 6.54 Å². The third kappa shape index (κ3) is 3.02. The first-order valence-corrected chi connectivity index (χ1v) is 7.10. The van der Waals surface area contributed by atoms with E-state index in [1.54, 1.807) is 17.4 Å². The van der Waals surface area contributed by atoms with Gasteiger partial charge in [0.2, 0.25) is 0 Å². The predicted octanol–water partition coefficient (Wildman–Crippen LogP) is 3.96. The van der Waals surface area contributed by atoms with Crippen molar-refractivity contribution in [2.45, 2.75) is 13.5 Å². The molecule has 0 saturated heterocycles. The minimum Gasteiger partial charge on any atom is -0.389 e. The maximum absolute atomic E-state index is 5.94. The van der Waals surface area contributed by atoms with Crippen LogP contribution >= 0.6 is 35.2 Å². The standard InChI is InChI=1S/C13H13ClN2S2/c1-8-4-5-18-12(8)7-16-11-3-2-9(14)6-10(11)13(15)17/h2-6,16H,7H2,1H3,(H2,15,17). The van der Waals surface area contributed by atoms with E-state index in [-0.39, 0.29) is 0 Å². The highest BCUT2D eigenvalue weighted by Crippen LogP contribution is 2.23. The molecule has 2 rings (SSSR count). The fourth-order valence-corrected chi connectivity index (χ4v) is 2.82. The van der Waals surface area contributed by atoms with E-state index in [0.717, 1.165) is 17.8 Å². The topological polar surface area (TPSA) is 38.0 Å². The Labute approximate surface area is 121 Å². The Morgan fingerprint density at radius 3 is 2.83 bits per heavy atom. The fourth-order valence-electron chi connectivity index (χ4n) is 1.64. The lowest BCUT2D eigenvalue weighted by atomic mass is 10.1. The number of aryl methyl sites for hydroxylation is 1. The lowest BCUT2D eigenvalue weighted by Crippen LogP contribution is -2.13. The van der Waals surface area contributed by atoms with Gasteiger partial charge in [0, 0.05) is 27.7 Å². The van der Waals surface area contributed by atoms with Gasteiger partial charge in [-0.25, -0.2) is 0 Å². The van der Waals surface area contributed by atoms with Crippen LogP contribution in [0.3, 0.4) is 0 Å². The van der Waals surface area contributed by atoms with E-state index in [9.17, 15) is 0 Å². The van der Waals surface area contributed by atoms with E-state index in [1.807, 2.05) is 12.1 Å². The maximum atomic E-state index is 5.94. The molecule has 0 saturated carbocycles. The van der Waals surface area contributed by atoms with E-state index in [4.69, 9.17) is 29.6 Å². The number of rotatable bonds is 4. The van der Waals surface area contributed by atoms with E-state index in [0.29, 0.717) is 10.0 Å². The molecule has 0 atom stereocenters. The van der Waals surface area contributed by atoms with Crippen LogP contribution in [0.4, 0.5) is 5.69 Å². The summed E-state index contributed by atoms with van der Waals surface area (Å²) in [5.41, 5.74) is 8.69. The monoisotopic (exact) mass is 296 g/mol. The van der Waals surface area contributed by atoms with Crippen molar-refractivity contribution in [3.05, 3.63) is 50.7 Å². The van der Waals surface area contributed by atoms with Gasteiger partial charge in [-0.15, -0.1) is 11.3 Å². The maximum Gasteiger partial charge on any atom is 0.106 e. The van der Waals surface area contributed by atoms with E-state index < -0.39 is 0 Å². The van der Waals surface area contributed by atoms with Gasteiger partial charge in [0.05, 0.1) is 0 Å². The Morgan fingerprint density at radius 2 is 2.22 bits per heavy atom. The zero-order valence-corrected chi connectivity index (χ0v) is 12.3. The minimum atomic E-state index is 0.350. The van der Waals surface area contributed by atoms with Crippen molar-refractivity contribution in [2.24, 2.45) is 5.73 Å². The molecule has 0 unspecified atom stereocenters. The fraction of sp³-hybridized carbons (Fsp3) is 0.154. The molecule has 0 fully saturated rings. The molecular formula is C13H13ClN2S2. The molecule has 2 aromatic rings. The van der Waals surface area contributed by atoms with E-state index in [2.05, 4.69) is 23.7 Å². The molecule has 0 aliphatic carbocycles. The Bertz CT molecular complexity index is 578. The first-order valence-electron chi connectivity index (χ1n) is 5.44. The number of nitrogens with one attached hydrogen (secondary N) is 1. The molecule has 1 heterocycles. The molecule has 0 aliphatic rings. The number of thiophene rings is 1. The Hall–Kier alpha value is -1.10. The second kappa shape index (κ2) is 5.69. The Morgan fingerprint density at radius 1 is 1.44 bits per heavy atom. The van der Waals surface area contributed by atoms with Crippen molar-refractivity contribution < 1.29 is 0 Å². The molecule has 0 aliphatic heterocycles. The average molecular weight is 297 g/mol. The number of thiocarbonyl (C=S) groups is 1. The molecule has 0 bridgehead atoms. The van der Waals surface area contributed by atoms with Crippen molar-refractivity contribution >= 4 is 45.8 Å². The van der Waals surface area contributed by atoms with Gasteiger partial charge in [0.15, 0.2) is 0 Å². The SMILES string of the molecule is Cc1ccsc1CNc1ccc(Cl)cc1C(N)=S. The molecule has 1 aromatic carbocycles. The van der Waals surface area contributed by atoms with Gasteiger partial charge in [-0.05, 0) is 42.1 Å². The summed E-state index contributed by atoms with van der Waals surface area (Å²) in [6, 6.07) is 7.62. The molecule has 3 N–H and O–H groups in total. The van der Waals surface area contributed by atoms with Crippen molar-refractivity contribution in [3.63, 3.8) is 0 Å². The van der Waals surface area contributed by atoms with Gasteiger partial charge in [0.1, 0.15) is 4.99 Å². The quantitative estimate of drug-likeness (QED) is 0.839. The molecule has 18 heavy (non-hydrogen) atoms. The van der Waals surface area contributed by atoms with Crippen LogP contribution in [0.2, 0.25) is 5.02 Å². The Kier molecular flexibility index (Phi) is 4.22. The average Bonchev–Trinajstić information content (AvgIpc) is 2.73. The van der Waals surface area contributed by atoms with Crippen LogP contribution in [0.5, 0.6) is 0 Å². The number of hydrogen-bond donors (Lipinski definition) is 2. The van der Waals surface area contributed by atoms with Crippen LogP contribution in [0.25, 0.3) is 0 Å². The third-order valence-corrected chi connectivity index (χ3v) is 4.13. The zero-order chi connectivity index (χ0) is 13.1. The van der Waals surface area contributed by atoms with Crippen LogP contribution in [-0.4, -0.2) is 4.99 Å². The van der Waals surface area contributed by atoms with Crippen molar-refractivity contribution in [2.75, 3.05) is 5.32 Å². The van der Waals surface area contributed by atoms with Gasteiger partial charge in [-0.2, -0.15) is 0 Å². The molecule has 5 heteroatoms. The lowest BCUT2D eigenvalue weighted by Gasteiger charge is -2.11. The summed E-state index contributed by atoms with van der Waals surface area (Å²) < 4.78 is 0. The normalized spacial score (nSPS) is 10.3. The van der Waals surface area contributed by atoms with Crippen LogP contribution in [0, 0.1) is 6.92 Å². The summed E-state index contributed by atoms with van der Waals surface area (Å²) in [6.07, 6.45) is 0. The van der Waals surface area contributed by atoms with Gasteiger partial charge in [-0.1, -0.05) is 23.8 Å². The minimum absolute atomic E-state index is 0.350. The molecular weight excluding hydrogens is 284 g/mol. The predicted molar refractivity (Wildman–Crippen MR) is 83.7 cm³/mol. The number of hydrogen-bond acceptors (Lipinski definition) is 3. The smallest absolute Gasteiger partial charge is 0.106 e. The summed E-state index contributed by atoms with van der Waals surface area (Å²) in [6.45, 7) is 2.87. The molecule has 0 amide bonds. The van der Waals surface area contributed by atoms with Crippen molar-refractivity contribution in [3.8, 4) is 0 Å². The summed E-state index contributed by atoms with van der Waals surface area (Å²) in [7, 11) is 0. The van der Waals surface area contributed by atoms with E-state index >= 15 is 0 Å². The molecule has 0 radical (unpaired) electrons. The first-order chi connectivity index (χ1) is 8.58. The zero-order valence-electron chi connectivity index (χ0n) is 9.87. The highest BCUT2D eigenvalue weighted by Gasteiger charge is 2.07. The summed E-state index contributed by atoms with van der Waals surface area (Å²) >= 11 is 12.7. The number of benzene rings is 1. The highest BCUT2D eigenvalue weighted by atomic mass is 35.5. The summed E-state index contributed by atoms with van der Waals surface area (Å²) in [5.74, 6) is 0. The number of halogens is 1. The Balaban J connectivity index is 2.19. The van der Waals surface area contributed by atoms with Crippen LogP contribution in [0.1, 0.15) is 16.0 Å². The van der Waals surface area contributed by atoms with Crippen molar-refractivity contribution in [1.82, 2.24) is 0 Å². The second-order valence-electron chi connectivity index (χ2n) is 3.93. The first kappa shape index (κ1) is 13.3. The van der Waals surface area contributed by atoms with Gasteiger partial charge >= 0.3 is 0 Å². The largest absolute Gasteiger partial charge is 0.389 e. The molecule has 94 valence electrons. The van der Waals surface area contributed by atoms with E-state index in [1.165, 1.54) is 10.4 Å². The molecule has 2 nitrogen and oxygen atoms in total. The molecule has 1 aromatic heterocycles. The van der Waals surface area contributed by atoms with Gasteiger partial charge in [0.25, 0.3) is 0 Å². The lowest BCUT2D eigenvalue weighted by molar-refractivity contribution is 1.16. The van der Waals surface area contributed by atoms with Gasteiger partial charge in [-0.3, -0.25) is 0 Å². The second-order valence-corrected chi connectivity index (χ2v) is 5.81. The van der Waals surface area contributed by atoms with Crippen LogP contribution < -0.4 is 11.1 Å². The number of anilines is 1. The van der Waals surface area contributed by atoms with Gasteiger partial charge < -0.3 is 11.1 Å². The third-order valence-electron chi connectivity index (χ3n) is 2.65. The van der Waals surface area contributed by atoms with Crippen molar-refractivity contribution in [1.29, 1.82) is 0 Å². The number of nitrogens with two attached hydrogens (primary N) is 1. The molecule has 0 spiro atoms.